The molecule has 1 aromatic rings. The Labute approximate surface area is 126 Å². The van der Waals surface area contributed by atoms with Crippen LogP contribution in [0.4, 0.5) is 0 Å². The molecule has 2 fully saturated rings. The molecule has 1 spiro atoms. The number of hydrogen-bond acceptors (Lipinski definition) is 2. The highest BCUT2D eigenvalue weighted by Crippen LogP contribution is 2.37. The van der Waals surface area contributed by atoms with Crippen molar-refractivity contribution in [1.29, 1.82) is 0 Å². The van der Waals surface area contributed by atoms with Gasteiger partial charge in [-0.2, -0.15) is 0 Å². The van der Waals surface area contributed by atoms with E-state index in [4.69, 9.17) is 0 Å². The summed E-state index contributed by atoms with van der Waals surface area (Å²) < 4.78 is 0. The van der Waals surface area contributed by atoms with Crippen molar-refractivity contribution in [3.8, 4) is 0 Å². The smallest absolute Gasteiger partial charge is 0.270 e. The number of carbonyl (C=O) groups is 1. The lowest BCUT2D eigenvalue weighted by atomic mass is 9.78. The first-order valence-electron chi connectivity index (χ1n) is 7.26. The maximum Gasteiger partial charge on any atom is 0.270 e. The fourth-order valence-electron chi connectivity index (χ4n) is 3.52. The first-order chi connectivity index (χ1) is 9.10. The molecule has 0 aliphatic carbocycles. The monoisotopic (exact) mass is 297 g/mol. The van der Waals surface area contributed by atoms with Gasteiger partial charge in [0.1, 0.15) is 5.69 Å². The summed E-state index contributed by atoms with van der Waals surface area (Å²) in [5.41, 5.74) is 3.37. The summed E-state index contributed by atoms with van der Waals surface area (Å²) in [6.07, 6.45) is 3.56. The molecule has 1 amide bonds. The van der Waals surface area contributed by atoms with Gasteiger partial charge in [-0.1, -0.05) is 0 Å². The first kappa shape index (κ1) is 15.4. The minimum Gasteiger partial charge on any atom is -0.354 e. The van der Waals surface area contributed by atoms with E-state index in [-0.39, 0.29) is 18.3 Å². The first-order valence-corrected chi connectivity index (χ1v) is 7.26. The Morgan fingerprint density at radius 3 is 2.45 bits per heavy atom. The van der Waals surface area contributed by atoms with Crippen molar-refractivity contribution in [2.75, 3.05) is 26.2 Å². The highest BCUT2D eigenvalue weighted by atomic mass is 35.5. The number of rotatable bonds is 1. The quantitative estimate of drug-likeness (QED) is 0.835. The van der Waals surface area contributed by atoms with Gasteiger partial charge in [0.15, 0.2) is 0 Å². The summed E-state index contributed by atoms with van der Waals surface area (Å²) in [4.78, 5) is 17.7. The summed E-state index contributed by atoms with van der Waals surface area (Å²) in [6.45, 7) is 8.08. The molecule has 0 aromatic carbocycles. The second kappa shape index (κ2) is 5.78. The topological polar surface area (TPSA) is 48.1 Å². The molecule has 0 unspecified atom stereocenters. The van der Waals surface area contributed by atoms with Crippen LogP contribution in [0, 0.1) is 19.3 Å². The number of carbonyl (C=O) groups excluding carboxylic acids is 1. The standard InChI is InChI=1S/C15H23N3O.ClH/c1-11-9-12(2)17-13(11)14(19)18-7-4-15(5-8-18)3-6-16-10-15;/h9,16-17H,3-8,10H2,1-2H3;1H. The normalized spacial score (nSPS) is 21.0. The number of piperidine rings is 1. The summed E-state index contributed by atoms with van der Waals surface area (Å²) in [7, 11) is 0. The summed E-state index contributed by atoms with van der Waals surface area (Å²) in [5.74, 6) is 0.173. The van der Waals surface area contributed by atoms with Gasteiger partial charge in [0, 0.05) is 25.3 Å². The Kier molecular flexibility index (Phi) is 4.45. The summed E-state index contributed by atoms with van der Waals surface area (Å²) in [6, 6.07) is 2.04. The van der Waals surface area contributed by atoms with Gasteiger partial charge >= 0.3 is 0 Å². The van der Waals surface area contributed by atoms with Crippen LogP contribution in [0.5, 0.6) is 0 Å². The van der Waals surface area contributed by atoms with Crippen molar-refractivity contribution in [2.24, 2.45) is 5.41 Å². The molecule has 3 heterocycles. The Balaban J connectivity index is 0.00000147. The summed E-state index contributed by atoms with van der Waals surface area (Å²) in [5, 5.41) is 3.46. The fourth-order valence-corrected chi connectivity index (χ4v) is 3.52. The fraction of sp³-hybridized carbons (Fsp3) is 0.667. The van der Waals surface area contributed by atoms with Crippen LogP contribution in [0.3, 0.4) is 0 Å². The van der Waals surface area contributed by atoms with E-state index in [9.17, 15) is 4.79 Å². The number of amides is 1. The lowest BCUT2D eigenvalue weighted by Crippen LogP contribution is -2.44. The third-order valence-corrected chi connectivity index (χ3v) is 4.81. The third kappa shape index (κ3) is 2.72. The van der Waals surface area contributed by atoms with E-state index in [0.29, 0.717) is 5.41 Å². The molecule has 4 nitrogen and oxygen atoms in total. The van der Waals surface area contributed by atoms with E-state index in [2.05, 4.69) is 10.3 Å². The zero-order chi connectivity index (χ0) is 13.5. The molecular weight excluding hydrogens is 274 g/mol. The zero-order valence-corrected chi connectivity index (χ0v) is 13.1. The van der Waals surface area contributed by atoms with Gasteiger partial charge in [-0.15, -0.1) is 12.4 Å². The van der Waals surface area contributed by atoms with Crippen molar-refractivity contribution >= 4 is 18.3 Å². The van der Waals surface area contributed by atoms with Gasteiger partial charge in [-0.25, -0.2) is 0 Å². The van der Waals surface area contributed by atoms with Gasteiger partial charge < -0.3 is 15.2 Å². The molecule has 0 atom stereocenters. The predicted octanol–water partition coefficient (Wildman–Crippen LogP) is 2.27. The van der Waals surface area contributed by atoms with Gasteiger partial charge in [0.25, 0.3) is 5.91 Å². The number of H-pyrrole nitrogens is 1. The average molecular weight is 298 g/mol. The molecule has 1 aromatic heterocycles. The van der Waals surface area contributed by atoms with Gasteiger partial charge in [0.05, 0.1) is 0 Å². The summed E-state index contributed by atoms with van der Waals surface area (Å²) >= 11 is 0. The Morgan fingerprint density at radius 1 is 1.25 bits per heavy atom. The van der Waals surface area contributed by atoms with Gasteiger partial charge in [0.2, 0.25) is 0 Å². The molecular formula is C15H24ClN3O. The maximum absolute atomic E-state index is 12.5. The molecule has 2 N–H and O–H groups in total. The second-order valence-corrected chi connectivity index (χ2v) is 6.23. The van der Waals surface area contributed by atoms with E-state index < -0.39 is 0 Å². The molecule has 2 aliphatic heterocycles. The van der Waals surface area contributed by atoms with Crippen molar-refractivity contribution in [3.63, 3.8) is 0 Å². The number of aryl methyl sites for hydroxylation is 2. The number of nitrogens with one attached hydrogen (secondary N) is 2. The molecule has 112 valence electrons. The van der Waals surface area contributed by atoms with Crippen LogP contribution in [0.2, 0.25) is 0 Å². The van der Waals surface area contributed by atoms with Gasteiger partial charge in [-0.3, -0.25) is 4.79 Å². The third-order valence-electron chi connectivity index (χ3n) is 4.81. The molecule has 3 rings (SSSR count). The van der Waals surface area contributed by atoms with E-state index in [0.717, 1.165) is 56.0 Å². The van der Waals surface area contributed by atoms with Crippen LogP contribution in [0.25, 0.3) is 0 Å². The number of nitrogens with zero attached hydrogens (tertiary/aromatic N) is 1. The van der Waals surface area contributed by atoms with Crippen LogP contribution >= 0.6 is 12.4 Å². The second-order valence-electron chi connectivity index (χ2n) is 6.23. The van der Waals surface area contributed by atoms with E-state index >= 15 is 0 Å². The van der Waals surface area contributed by atoms with Crippen LogP contribution in [0.1, 0.15) is 41.0 Å². The number of aromatic nitrogens is 1. The number of hydrogen-bond donors (Lipinski definition) is 2. The Morgan fingerprint density at radius 2 is 1.95 bits per heavy atom. The lowest BCUT2D eigenvalue weighted by Gasteiger charge is -2.38. The predicted molar refractivity (Wildman–Crippen MR) is 82.6 cm³/mol. The molecule has 5 heteroatoms. The lowest BCUT2D eigenvalue weighted by molar-refractivity contribution is 0.0602. The minimum absolute atomic E-state index is 0. The van der Waals surface area contributed by atoms with Crippen LogP contribution in [-0.2, 0) is 0 Å². The highest BCUT2D eigenvalue weighted by Gasteiger charge is 2.38. The van der Waals surface area contributed by atoms with E-state index in [1.165, 1.54) is 6.42 Å². The number of likely N-dealkylation sites (tertiary alicyclic amines) is 1. The van der Waals surface area contributed by atoms with Crippen LogP contribution in [0.15, 0.2) is 6.07 Å². The van der Waals surface area contributed by atoms with Crippen molar-refractivity contribution in [1.82, 2.24) is 15.2 Å². The maximum atomic E-state index is 12.5. The molecule has 2 saturated heterocycles. The zero-order valence-electron chi connectivity index (χ0n) is 12.3. The molecule has 0 saturated carbocycles. The van der Waals surface area contributed by atoms with E-state index in [1.54, 1.807) is 0 Å². The van der Waals surface area contributed by atoms with Gasteiger partial charge in [-0.05, 0) is 56.7 Å². The molecule has 2 aliphatic rings. The number of halogens is 1. The SMILES string of the molecule is Cc1cc(C)c(C(=O)N2CCC3(CCNC3)CC2)[nH]1.Cl. The minimum atomic E-state index is 0. The molecule has 20 heavy (non-hydrogen) atoms. The van der Waals surface area contributed by atoms with Crippen molar-refractivity contribution in [2.45, 2.75) is 33.1 Å². The van der Waals surface area contributed by atoms with Crippen LogP contribution in [-0.4, -0.2) is 42.0 Å². The van der Waals surface area contributed by atoms with Crippen molar-refractivity contribution in [3.05, 3.63) is 23.0 Å². The average Bonchev–Trinajstić information content (AvgIpc) is 2.97. The largest absolute Gasteiger partial charge is 0.354 e. The van der Waals surface area contributed by atoms with Crippen LogP contribution < -0.4 is 5.32 Å². The molecule has 0 radical (unpaired) electrons. The Bertz CT molecular complexity index is 481. The van der Waals surface area contributed by atoms with E-state index in [1.807, 2.05) is 24.8 Å². The van der Waals surface area contributed by atoms with Crippen molar-refractivity contribution < 1.29 is 4.79 Å². The highest BCUT2D eigenvalue weighted by molar-refractivity contribution is 5.94. The Hall–Kier alpha value is -1.00. The molecule has 0 bridgehead atoms. The number of aromatic amines is 1.